The van der Waals surface area contributed by atoms with Gasteiger partial charge in [0.1, 0.15) is 23.9 Å². The Hall–Kier alpha value is -3.85. The molecule has 0 aliphatic carbocycles. The van der Waals surface area contributed by atoms with Gasteiger partial charge in [0.15, 0.2) is 0 Å². The Bertz CT molecular complexity index is 1360. The molecule has 0 bridgehead atoms. The normalized spacial score (nSPS) is 11.7. The van der Waals surface area contributed by atoms with Gasteiger partial charge in [-0.05, 0) is 35.4 Å². The van der Waals surface area contributed by atoms with Crippen LogP contribution in [0.1, 0.15) is 22.4 Å². The van der Waals surface area contributed by atoms with E-state index in [0.717, 1.165) is 6.07 Å². The zero-order valence-electron chi connectivity index (χ0n) is 17.7. The summed E-state index contributed by atoms with van der Waals surface area (Å²) in [5.41, 5.74) is 6.36. The maximum absolute atomic E-state index is 15.1. The molecule has 0 unspecified atom stereocenters. The molecule has 176 valence electrons. The summed E-state index contributed by atoms with van der Waals surface area (Å²) in [4.78, 5) is 13.5. The minimum atomic E-state index is -4.61. The number of H-pyrrole nitrogens is 1. The Balaban J connectivity index is 1.80. The number of aromatic nitrogens is 1. The van der Waals surface area contributed by atoms with Crippen LogP contribution in [0.5, 0.6) is 5.75 Å². The second-order valence-electron chi connectivity index (χ2n) is 7.74. The summed E-state index contributed by atoms with van der Waals surface area (Å²) in [7, 11) is 0. The number of rotatable bonds is 7. The van der Waals surface area contributed by atoms with Crippen molar-refractivity contribution in [2.24, 2.45) is 5.73 Å². The molecule has 9 heteroatoms. The van der Waals surface area contributed by atoms with E-state index in [-0.39, 0.29) is 47.2 Å². The largest absolute Gasteiger partial charge is 0.489 e. The maximum Gasteiger partial charge on any atom is 0.431 e. The van der Waals surface area contributed by atoms with Crippen LogP contribution in [0.25, 0.3) is 22.0 Å². The number of aliphatic carboxylic acids is 1. The quantitative estimate of drug-likeness (QED) is 0.303. The average Bonchev–Trinajstić information content (AvgIpc) is 3.23. The second-order valence-corrected chi connectivity index (χ2v) is 7.74. The minimum Gasteiger partial charge on any atom is -0.489 e. The number of ether oxygens (including phenoxy) is 1. The van der Waals surface area contributed by atoms with Crippen LogP contribution in [0.3, 0.4) is 0 Å². The number of nitrogens with two attached hydrogens (primary N) is 1. The second kappa shape index (κ2) is 9.18. The van der Waals surface area contributed by atoms with Crippen LogP contribution in [0.15, 0.2) is 60.7 Å². The number of benzene rings is 3. The number of carbonyl (C=O) groups is 1. The van der Waals surface area contributed by atoms with Crippen LogP contribution in [-0.4, -0.2) is 16.1 Å². The molecule has 0 aliphatic rings. The summed E-state index contributed by atoms with van der Waals surface area (Å²) in [5.74, 6) is -1.29. The van der Waals surface area contributed by atoms with Crippen LogP contribution in [0, 0.1) is 5.82 Å². The van der Waals surface area contributed by atoms with E-state index in [0.29, 0.717) is 16.9 Å². The SMILES string of the molecule is NCc1cccc(-c2cc(COc3ccccc3CC(=O)O)cc3[nH]c(C(F)(F)F)cc23)c1F. The number of carboxylic acids is 1. The lowest BCUT2D eigenvalue weighted by molar-refractivity contribution is -0.140. The highest BCUT2D eigenvalue weighted by Gasteiger charge is 2.33. The fourth-order valence-electron chi connectivity index (χ4n) is 3.82. The molecule has 0 aliphatic heterocycles. The third-order valence-corrected chi connectivity index (χ3v) is 5.40. The molecular formula is C25H20F4N2O3. The van der Waals surface area contributed by atoms with Gasteiger partial charge >= 0.3 is 12.1 Å². The van der Waals surface area contributed by atoms with Crippen LogP contribution in [0.4, 0.5) is 17.6 Å². The van der Waals surface area contributed by atoms with Gasteiger partial charge in [-0.3, -0.25) is 4.79 Å². The van der Waals surface area contributed by atoms with Gasteiger partial charge in [0.05, 0.1) is 6.42 Å². The van der Waals surface area contributed by atoms with Gasteiger partial charge in [-0.15, -0.1) is 0 Å². The van der Waals surface area contributed by atoms with Gasteiger partial charge in [-0.1, -0.05) is 36.4 Å². The Morgan fingerprint density at radius 1 is 1.00 bits per heavy atom. The molecule has 0 atom stereocenters. The van der Waals surface area contributed by atoms with Crippen molar-refractivity contribution in [2.75, 3.05) is 0 Å². The Kier molecular flexibility index (Phi) is 6.30. The zero-order valence-corrected chi connectivity index (χ0v) is 17.7. The molecule has 4 N–H and O–H groups in total. The molecule has 4 rings (SSSR count). The van der Waals surface area contributed by atoms with Gasteiger partial charge in [0.2, 0.25) is 0 Å². The van der Waals surface area contributed by atoms with E-state index in [1.807, 2.05) is 0 Å². The lowest BCUT2D eigenvalue weighted by Gasteiger charge is -2.13. The average molecular weight is 472 g/mol. The first kappa shape index (κ1) is 23.3. The number of hydrogen-bond acceptors (Lipinski definition) is 3. The summed E-state index contributed by atoms with van der Waals surface area (Å²) in [6.45, 7) is -0.134. The first-order chi connectivity index (χ1) is 16.2. The molecule has 0 saturated heterocycles. The number of halogens is 4. The van der Waals surface area contributed by atoms with Crippen LogP contribution in [0.2, 0.25) is 0 Å². The van der Waals surface area contributed by atoms with Crippen molar-refractivity contribution in [3.05, 3.63) is 88.9 Å². The lowest BCUT2D eigenvalue weighted by Crippen LogP contribution is -2.04. The van der Waals surface area contributed by atoms with Crippen LogP contribution < -0.4 is 10.5 Å². The highest BCUT2D eigenvalue weighted by molar-refractivity contribution is 5.96. The van der Waals surface area contributed by atoms with Gasteiger partial charge in [0.25, 0.3) is 0 Å². The van der Waals surface area contributed by atoms with Gasteiger partial charge in [-0.25, -0.2) is 4.39 Å². The smallest absolute Gasteiger partial charge is 0.431 e. The van der Waals surface area contributed by atoms with Crippen molar-refractivity contribution in [3.8, 4) is 16.9 Å². The molecule has 0 fully saturated rings. The molecule has 3 aromatic carbocycles. The molecule has 1 heterocycles. The molecule has 0 saturated carbocycles. The standard InChI is InChI=1S/C25H20F4N2O3/c26-24-16(12-30)5-3-6-17(24)18-8-14(9-20-19(18)11-22(31-20)25(27,28)29)13-34-21-7-2-1-4-15(21)10-23(32)33/h1-9,11,31H,10,12-13,30H2,(H,32,33). The molecule has 0 radical (unpaired) electrons. The van der Waals surface area contributed by atoms with E-state index in [1.165, 1.54) is 18.2 Å². The van der Waals surface area contributed by atoms with E-state index in [9.17, 15) is 18.0 Å². The molecule has 5 nitrogen and oxygen atoms in total. The summed E-state index contributed by atoms with van der Waals surface area (Å²) < 4.78 is 61.0. The Labute approximate surface area is 191 Å². The topological polar surface area (TPSA) is 88.3 Å². The lowest BCUT2D eigenvalue weighted by atomic mass is 9.96. The minimum absolute atomic E-state index is 0.0626. The number of para-hydroxylation sites is 1. The van der Waals surface area contributed by atoms with Crippen molar-refractivity contribution >= 4 is 16.9 Å². The van der Waals surface area contributed by atoms with E-state index in [1.54, 1.807) is 36.4 Å². The van der Waals surface area contributed by atoms with Crippen molar-refractivity contribution in [2.45, 2.75) is 25.7 Å². The summed E-state index contributed by atoms with van der Waals surface area (Å²) in [6, 6.07) is 15.2. The number of carboxylic acid groups (broad SMARTS) is 1. The number of nitrogens with one attached hydrogen (secondary N) is 1. The van der Waals surface area contributed by atoms with E-state index < -0.39 is 23.7 Å². The maximum atomic E-state index is 15.1. The molecule has 0 amide bonds. The third kappa shape index (κ3) is 4.74. The predicted octanol–water partition coefficient (Wildman–Crippen LogP) is 5.66. The first-order valence-corrected chi connectivity index (χ1v) is 10.3. The fraction of sp³-hybridized carbons (Fsp3) is 0.160. The van der Waals surface area contributed by atoms with Crippen LogP contribution in [-0.2, 0) is 30.5 Å². The summed E-state index contributed by atoms with van der Waals surface area (Å²) in [5, 5.41) is 9.30. The monoisotopic (exact) mass is 472 g/mol. The first-order valence-electron chi connectivity index (χ1n) is 10.3. The molecular weight excluding hydrogens is 452 g/mol. The fourth-order valence-corrected chi connectivity index (χ4v) is 3.82. The number of aromatic amines is 1. The molecule has 34 heavy (non-hydrogen) atoms. The summed E-state index contributed by atoms with van der Waals surface area (Å²) in [6.07, 6.45) is -4.86. The van der Waals surface area contributed by atoms with E-state index in [2.05, 4.69) is 4.98 Å². The van der Waals surface area contributed by atoms with Gasteiger partial charge in [-0.2, -0.15) is 13.2 Å². The van der Waals surface area contributed by atoms with E-state index in [4.69, 9.17) is 15.6 Å². The number of hydrogen-bond donors (Lipinski definition) is 3. The third-order valence-electron chi connectivity index (χ3n) is 5.40. The van der Waals surface area contributed by atoms with Crippen molar-refractivity contribution in [1.82, 2.24) is 4.98 Å². The highest BCUT2D eigenvalue weighted by atomic mass is 19.4. The van der Waals surface area contributed by atoms with Crippen molar-refractivity contribution < 1.29 is 32.2 Å². The summed E-state index contributed by atoms with van der Waals surface area (Å²) >= 11 is 0. The molecule has 0 spiro atoms. The number of alkyl halides is 3. The Morgan fingerprint density at radius 2 is 1.74 bits per heavy atom. The zero-order chi connectivity index (χ0) is 24.5. The molecule has 4 aromatic rings. The van der Waals surface area contributed by atoms with Crippen molar-refractivity contribution in [1.29, 1.82) is 0 Å². The van der Waals surface area contributed by atoms with Crippen molar-refractivity contribution in [3.63, 3.8) is 0 Å². The predicted molar refractivity (Wildman–Crippen MR) is 119 cm³/mol. The highest BCUT2D eigenvalue weighted by Crippen LogP contribution is 2.37. The van der Waals surface area contributed by atoms with E-state index >= 15 is 4.39 Å². The molecule has 1 aromatic heterocycles. The van der Waals surface area contributed by atoms with Gasteiger partial charge in [0, 0.05) is 34.1 Å². The van der Waals surface area contributed by atoms with Gasteiger partial charge < -0.3 is 20.6 Å². The number of fused-ring (bicyclic) bond motifs is 1. The Morgan fingerprint density at radius 3 is 2.44 bits per heavy atom. The van der Waals surface area contributed by atoms with Crippen LogP contribution >= 0.6 is 0 Å².